The zero-order chi connectivity index (χ0) is 14.8. The number of benzene rings is 1. The van der Waals surface area contributed by atoms with Gasteiger partial charge in [-0.1, -0.05) is 19.4 Å². The Bertz CT molecular complexity index is 490. The van der Waals surface area contributed by atoms with E-state index in [1.807, 2.05) is 6.07 Å². The number of rotatable bonds is 6. The molecule has 116 valence electrons. The highest BCUT2D eigenvalue weighted by Gasteiger charge is 2.39. The predicted octanol–water partition coefficient (Wildman–Crippen LogP) is 4.31. The Morgan fingerprint density at radius 2 is 2.19 bits per heavy atom. The third-order valence-electron chi connectivity index (χ3n) is 5.29. The summed E-state index contributed by atoms with van der Waals surface area (Å²) >= 11 is 0. The largest absolute Gasteiger partial charge is 0.493 e. The number of fused-ring (bicyclic) bond motifs is 2. The van der Waals surface area contributed by atoms with E-state index in [4.69, 9.17) is 4.74 Å². The SMILES string of the molecule is CCNC(C)c1ccc(F)cc1OCC1CC2CCC1C2. The van der Waals surface area contributed by atoms with Crippen LogP contribution in [0, 0.1) is 23.6 Å². The first kappa shape index (κ1) is 14.8. The Balaban J connectivity index is 1.67. The zero-order valence-corrected chi connectivity index (χ0v) is 13.1. The molecule has 3 rings (SSSR count). The van der Waals surface area contributed by atoms with Crippen molar-refractivity contribution in [2.24, 2.45) is 17.8 Å². The van der Waals surface area contributed by atoms with Crippen molar-refractivity contribution in [1.82, 2.24) is 5.32 Å². The third kappa shape index (κ3) is 3.23. The molecule has 0 radical (unpaired) electrons. The second-order valence-corrected chi connectivity index (χ2v) is 6.71. The zero-order valence-electron chi connectivity index (χ0n) is 13.1. The second kappa shape index (κ2) is 6.35. The van der Waals surface area contributed by atoms with Crippen molar-refractivity contribution >= 4 is 0 Å². The average molecular weight is 291 g/mol. The number of halogens is 1. The van der Waals surface area contributed by atoms with Crippen molar-refractivity contribution in [2.75, 3.05) is 13.2 Å². The Hall–Kier alpha value is -1.09. The second-order valence-electron chi connectivity index (χ2n) is 6.71. The van der Waals surface area contributed by atoms with Crippen LogP contribution in [-0.2, 0) is 0 Å². The van der Waals surface area contributed by atoms with Crippen LogP contribution in [0.25, 0.3) is 0 Å². The van der Waals surface area contributed by atoms with Crippen molar-refractivity contribution in [3.05, 3.63) is 29.6 Å². The van der Waals surface area contributed by atoms with Crippen LogP contribution >= 0.6 is 0 Å². The standard InChI is InChI=1S/C18H26FNO/c1-3-20-12(2)17-7-6-16(19)10-18(17)21-11-15-9-13-4-5-14(15)8-13/h6-7,10,12-15,20H,3-5,8-9,11H2,1-2H3. The highest BCUT2D eigenvalue weighted by molar-refractivity contribution is 5.36. The monoisotopic (exact) mass is 291 g/mol. The highest BCUT2D eigenvalue weighted by atomic mass is 19.1. The molecule has 0 heterocycles. The van der Waals surface area contributed by atoms with Gasteiger partial charge in [0, 0.05) is 17.7 Å². The summed E-state index contributed by atoms with van der Waals surface area (Å²) in [5, 5.41) is 3.37. The first-order valence-corrected chi connectivity index (χ1v) is 8.33. The molecule has 2 saturated carbocycles. The lowest BCUT2D eigenvalue weighted by atomic mass is 9.89. The molecular formula is C18H26FNO. The van der Waals surface area contributed by atoms with Gasteiger partial charge in [-0.15, -0.1) is 0 Å². The molecule has 0 saturated heterocycles. The van der Waals surface area contributed by atoms with Gasteiger partial charge in [-0.05, 0) is 56.6 Å². The Morgan fingerprint density at radius 1 is 1.33 bits per heavy atom. The number of nitrogens with one attached hydrogen (secondary N) is 1. The van der Waals surface area contributed by atoms with E-state index in [1.54, 1.807) is 0 Å². The minimum atomic E-state index is -0.217. The van der Waals surface area contributed by atoms with E-state index in [1.165, 1.54) is 37.8 Å². The summed E-state index contributed by atoms with van der Waals surface area (Å²) < 4.78 is 19.6. The van der Waals surface area contributed by atoms with E-state index in [-0.39, 0.29) is 11.9 Å². The molecule has 0 aromatic heterocycles. The molecule has 1 N–H and O–H groups in total. The maximum Gasteiger partial charge on any atom is 0.126 e. The van der Waals surface area contributed by atoms with Gasteiger partial charge in [-0.25, -0.2) is 4.39 Å². The maximum atomic E-state index is 13.5. The molecule has 2 fully saturated rings. The van der Waals surface area contributed by atoms with E-state index in [0.717, 1.165) is 30.6 Å². The fourth-order valence-corrected chi connectivity index (χ4v) is 4.18. The molecule has 1 aromatic rings. The fourth-order valence-electron chi connectivity index (χ4n) is 4.18. The van der Waals surface area contributed by atoms with Crippen molar-refractivity contribution in [3.8, 4) is 5.75 Å². The lowest BCUT2D eigenvalue weighted by Gasteiger charge is -2.24. The number of ether oxygens (including phenoxy) is 1. The van der Waals surface area contributed by atoms with Crippen molar-refractivity contribution in [3.63, 3.8) is 0 Å². The quantitative estimate of drug-likeness (QED) is 0.843. The van der Waals surface area contributed by atoms with Crippen LogP contribution in [0.4, 0.5) is 4.39 Å². The van der Waals surface area contributed by atoms with Gasteiger partial charge in [-0.3, -0.25) is 0 Å². The highest BCUT2D eigenvalue weighted by Crippen LogP contribution is 2.48. The van der Waals surface area contributed by atoms with Gasteiger partial charge < -0.3 is 10.1 Å². The van der Waals surface area contributed by atoms with Crippen LogP contribution in [0.3, 0.4) is 0 Å². The molecular weight excluding hydrogens is 265 g/mol. The molecule has 0 amide bonds. The minimum Gasteiger partial charge on any atom is -0.493 e. The molecule has 3 heteroatoms. The Kier molecular flexibility index (Phi) is 4.48. The first-order valence-electron chi connectivity index (χ1n) is 8.33. The Morgan fingerprint density at radius 3 is 2.86 bits per heavy atom. The first-order chi connectivity index (χ1) is 10.2. The summed E-state index contributed by atoms with van der Waals surface area (Å²) in [4.78, 5) is 0. The van der Waals surface area contributed by atoms with E-state index < -0.39 is 0 Å². The molecule has 0 aliphatic heterocycles. The van der Waals surface area contributed by atoms with Crippen molar-refractivity contribution < 1.29 is 9.13 Å². The summed E-state index contributed by atoms with van der Waals surface area (Å²) in [7, 11) is 0. The molecule has 0 spiro atoms. The van der Waals surface area contributed by atoms with Crippen LogP contribution < -0.4 is 10.1 Å². The summed E-state index contributed by atoms with van der Waals surface area (Å²) in [5.74, 6) is 2.94. The van der Waals surface area contributed by atoms with Crippen LogP contribution in [0.2, 0.25) is 0 Å². The van der Waals surface area contributed by atoms with Crippen molar-refractivity contribution in [1.29, 1.82) is 0 Å². The van der Waals surface area contributed by atoms with Crippen molar-refractivity contribution in [2.45, 2.75) is 45.6 Å². The van der Waals surface area contributed by atoms with Crippen LogP contribution in [-0.4, -0.2) is 13.2 Å². The van der Waals surface area contributed by atoms with E-state index in [2.05, 4.69) is 19.2 Å². The maximum absolute atomic E-state index is 13.5. The average Bonchev–Trinajstić information content (AvgIpc) is 3.08. The van der Waals surface area contributed by atoms with E-state index in [9.17, 15) is 4.39 Å². The van der Waals surface area contributed by atoms with Gasteiger partial charge in [0.25, 0.3) is 0 Å². The molecule has 2 aliphatic rings. The molecule has 21 heavy (non-hydrogen) atoms. The van der Waals surface area contributed by atoms with Gasteiger partial charge in [0.2, 0.25) is 0 Å². The molecule has 2 aliphatic carbocycles. The van der Waals surface area contributed by atoms with Crippen LogP contribution in [0.1, 0.15) is 51.1 Å². The normalized spacial score (nSPS) is 28.8. The third-order valence-corrected chi connectivity index (χ3v) is 5.29. The summed E-state index contributed by atoms with van der Waals surface area (Å²) in [5.41, 5.74) is 1.06. The molecule has 4 unspecified atom stereocenters. The van der Waals surface area contributed by atoms with Gasteiger partial charge in [0.05, 0.1) is 6.61 Å². The van der Waals surface area contributed by atoms with Gasteiger partial charge in [0.1, 0.15) is 11.6 Å². The topological polar surface area (TPSA) is 21.3 Å². The lowest BCUT2D eigenvalue weighted by Crippen LogP contribution is -2.21. The lowest BCUT2D eigenvalue weighted by molar-refractivity contribution is 0.192. The summed E-state index contributed by atoms with van der Waals surface area (Å²) in [6.07, 6.45) is 5.46. The van der Waals surface area contributed by atoms with Crippen LogP contribution in [0.5, 0.6) is 5.75 Å². The minimum absolute atomic E-state index is 0.186. The molecule has 2 bridgehead atoms. The van der Waals surface area contributed by atoms with E-state index in [0.29, 0.717) is 11.7 Å². The van der Waals surface area contributed by atoms with Gasteiger partial charge in [0.15, 0.2) is 0 Å². The van der Waals surface area contributed by atoms with Gasteiger partial charge >= 0.3 is 0 Å². The van der Waals surface area contributed by atoms with Crippen LogP contribution in [0.15, 0.2) is 18.2 Å². The predicted molar refractivity (Wildman–Crippen MR) is 82.9 cm³/mol. The van der Waals surface area contributed by atoms with Gasteiger partial charge in [-0.2, -0.15) is 0 Å². The molecule has 1 aromatic carbocycles. The van der Waals surface area contributed by atoms with E-state index >= 15 is 0 Å². The molecule has 2 nitrogen and oxygen atoms in total. The fraction of sp³-hybridized carbons (Fsp3) is 0.667. The Labute approximate surface area is 127 Å². The number of hydrogen-bond acceptors (Lipinski definition) is 2. The smallest absolute Gasteiger partial charge is 0.126 e. The summed E-state index contributed by atoms with van der Waals surface area (Å²) in [6.45, 7) is 5.82. The molecule has 4 atom stereocenters. The summed E-state index contributed by atoms with van der Waals surface area (Å²) in [6, 6.07) is 5.09. The number of hydrogen-bond donors (Lipinski definition) is 1.